The molecule has 2 aliphatic heterocycles. The van der Waals surface area contributed by atoms with E-state index < -0.39 is 22.9 Å². The molecule has 2 atom stereocenters. The van der Waals surface area contributed by atoms with E-state index in [1.54, 1.807) is 4.72 Å². The first-order valence-corrected chi connectivity index (χ1v) is 7.28. The summed E-state index contributed by atoms with van der Waals surface area (Å²) in [5, 5.41) is 3.27. The van der Waals surface area contributed by atoms with Gasteiger partial charge in [-0.25, -0.2) is 0 Å². The minimum Gasteiger partial charge on any atom is -0.310 e. The van der Waals surface area contributed by atoms with E-state index in [0.717, 1.165) is 17.1 Å². The molecule has 2 saturated heterocycles. The van der Waals surface area contributed by atoms with E-state index in [1.807, 2.05) is 0 Å². The minimum absolute atomic E-state index is 0.0555. The fourth-order valence-corrected chi connectivity index (χ4v) is 3.64. The summed E-state index contributed by atoms with van der Waals surface area (Å²) in [4.78, 5) is 0. The number of alkyl halides is 3. The third-order valence-corrected chi connectivity index (χ3v) is 4.80. The van der Waals surface area contributed by atoms with Crippen LogP contribution in [-0.4, -0.2) is 50.6 Å². The summed E-state index contributed by atoms with van der Waals surface area (Å²) in [6, 6.07) is 0.345. The molecule has 106 valence electrons. The zero-order valence-corrected chi connectivity index (χ0v) is 10.5. The fourth-order valence-electron chi connectivity index (χ4n) is 2.39. The highest BCUT2D eigenvalue weighted by Crippen LogP contribution is 2.22. The quantitative estimate of drug-likeness (QED) is 0.780. The average molecular weight is 287 g/mol. The summed E-state index contributed by atoms with van der Waals surface area (Å²) in [6.45, 7) is -1.02. The maximum Gasteiger partial charge on any atom is 0.402 e. The van der Waals surface area contributed by atoms with Crippen molar-refractivity contribution >= 4 is 10.2 Å². The molecule has 2 unspecified atom stereocenters. The van der Waals surface area contributed by atoms with Gasteiger partial charge in [0, 0.05) is 25.2 Å². The van der Waals surface area contributed by atoms with Gasteiger partial charge in [-0.1, -0.05) is 0 Å². The normalized spacial score (nSPS) is 30.4. The van der Waals surface area contributed by atoms with Crippen molar-refractivity contribution < 1.29 is 21.6 Å². The number of hydrogen-bond donors (Lipinski definition) is 2. The third kappa shape index (κ3) is 3.56. The van der Waals surface area contributed by atoms with E-state index in [2.05, 4.69) is 5.32 Å². The first-order chi connectivity index (χ1) is 8.26. The van der Waals surface area contributed by atoms with Gasteiger partial charge in [0.25, 0.3) is 10.2 Å². The Morgan fingerprint density at radius 2 is 1.89 bits per heavy atom. The highest BCUT2D eigenvalue weighted by atomic mass is 32.2. The van der Waals surface area contributed by atoms with Crippen LogP contribution in [0.15, 0.2) is 0 Å². The lowest BCUT2D eigenvalue weighted by molar-refractivity contribution is -0.121. The number of nitrogens with zero attached hydrogens (tertiary/aromatic N) is 1. The third-order valence-electron chi connectivity index (χ3n) is 3.28. The number of halogens is 3. The van der Waals surface area contributed by atoms with E-state index in [9.17, 15) is 21.6 Å². The van der Waals surface area contributed by atoms with Crippen molar-refractivity contribution in [3.8, 4) is 0 Å². The maximum atomic E-state index is 12.0. The first kappa shape index (κ1) is 14.0. The van der Waals surface area contributed by atoms with Crippen LogP contribution in [0.3, 0.4) is 0 Å². The second kappa shape index (κ2) is 4.95. The van der Waals surface area contributed by atoms with Gasteiger partial charge in [-0.2, -0.15) is 30.6 Å². The zero-order chi connectivity index (χ0) is 13.4. The monoisotopic (exact) mass is 287 g/mol. The lowest BCUT2D eigenvalue weighted by Gasteiger charge is -2.24. The van der Waals surface area contributed by atoms with Crippen LogP contribution in [0.25, 0.3) is 0 Å². The average Bonchev–Trinajstić information content (AvgIpc) is 2.54. The molecule has 2 heterocycles. The summed E-state index contributed by atoms with van der Waals surface area (Å²) in [6.07, 6.45) is -2.01. The van der Waals surface area contributed by atoms with Crippen LogP contribution in [0.4, 0.5) is 13.2 Å². The van der Waals surface area contributed by atoms with E-state index in [-0.39, 0.29) is 25.2 Å². The van der Waals surface area contributed by atoms with Gasteiger partial charge in [0.05, 0.1) is 0 Å². The Bertz CT molecular complexity index is 398. The fraction of sp³-hybridized carbons (Fsp3) is 1.00. The van der Waals surface area contributed by atoms with Gasteiger partial charge >= 0.3 is 6.18 Å². The molecule has 5 nitrogen and oxygen atoms in total. The van der Waals surface area contributed by atoms with Gasteiger partial charge in [-0.3, -0.25) is 0 Å². The second-order valence-corrected chi connectivity index (χ2v) is 6.48. The molecule has 0 aromatic heterocycles. The lowest BCUT2D eigenvalue weighted by Crippen LogP contribution is -2.47. The van der Waals surface area contributed by atoms with Crippen LogP contribution < -0.4 is 10.0 Å². The van der Waals surface area contributed by atoms with Gasteiger partial charge in [0.15, 0.2) is 0 Å². The molecule has 2 bridgehead atoms. The molecule has 2 fully saturated rings. The molecule has 2 N–H and O–H groups in total. The molecule has 0 spiro atoms. The van der Waals surface area contributed by atoms with Crippen LogP contribution >= 0.6 is 0 Å². The number of nitrogens with one attached hydrogen (secondary N) is 2. The summed E-state index contributed by atoms with van der Waals surface area (Å²) in [5.74, 6) is 0. The molecule has 0 aromatic carbocycles. The number of hydrogen-bond acceptors (Lipinski definition) is 3. The van der Waals surface area contributed by atoms with Gasteiger partial charge in [0.2, 0.25) is 0 Å². The zero-order valence-electron chi connectivity index (χ0n) is 9.70. The largest absolute Gasteiger partial charge is 0.402 e. The Balaban J connectivity index is 1.97. The second-order valence-electron chi connectivity index (χ2n) is 4.73. The van der Waals surface area contributed by atoms with Crippen LogP contribution in [0.1, 0.15) is 19.3 Å². The van der Waals surface area contributed by atoms with Crippen molar-refractivity contribution in [3.05, 3.63) is 0 Å². The van der Waals surface area contributed by atoms with Crippen LogP contribution in [-0.2, 0) is 10.2 Å². The minimum atomic E-state index is -4.53. The van der Waals surface area contributed by atoms with Crippen LogP contribution in [0.2, 0.25) is 0 Å². The number of fused-ring (bicyclic) bond motifs is 2. The Labute approximate surface area is 104 Å². The van der Waals surface area contributed by atoms with Gasteiger partial charge < -0.3 is 5.32 Å². The molecule has 0 aliphatic carbocycles. The topological polar surface area (TPSA) is 61.4 Å². The van der Waals surface area contributed by atoms with Gasteiger partial charge in [-0.15, -0.1) is 0 Å². The highest BCUT2D eigenvalue weighted by molar-refractivity contribution is 7.87. The van der Waals surface area contributed by atoms with Crippen molar-refractivity contribution in [1.29, 1.82) is 0 Å². The Kier molecular flexibility index (Phi) is 3.86. The first-order valence-electron chi connectivity index (χ1n) is 5.84. The molecular weight excluding hydrogens is 271 g/mol. The van der Waals surface area contributed by atoms with Crippen LogP contribution in [0.5, 0.6) is 0 Å². The summed E-state index contributed by atoms with van der Waals surface area (Å²) in [7, 11) is -4.04. The van der Waals surface area contributed by atoms with E-state index in [1.165, 1.54) is 0 Å². The predicted molar refractivity (Wildman–Crippen MR) is 59.1 cm³/mol. The summed E-state index contributed by atoms with van der Waals surface area (Å²) >= 11 is 0. The molecular formula is C9H16F3N3O2S. The lowest BCUT2D eigenvalue weighted by atomic mass is 10.1. The SMILES string of the molecule is O=S(=O)(NCC(F)(F)F)N1CCC2CCC(C1)N2. The van der Waals surface area contributed by atoms with Crippen molar-refractivity contribution in [1.82, 2.24) is 14.3 Å². The molecule has 0 radical (unpaired) electrons. The van der Waals surface area contributed by atoms with E-state index in [0.29, 0.717) is 6.42 Å². The van der Waals surface area contributed by atoms with Crippen molar-refractivity contribution in [3.63, 3.8) is 0 Å². The van der Waals surface area contributed by atoms with Crippen molar-refractivity contribution in [2.75, 3.05) is 19.6 Å². The highest BCUT2D eigenvalue weighted by Gasteiger charge is 2.36. The molecule has 2 aliphatic rings. The van der Waals surface area contributed by atoms with E-state index >= 15 is 0 Å². The summed E-state index contributed by atoms with van der Waals surface area (Å²) in [5.41, 5.74) is 0. The van der Waals surface area contributed by atoms with Gasteiger partial charge in [-0.05, 0) is 19.3 Å². The predicted octanol–water partition coefficient (Wildman–Crippen LogP) is 0.209. The van der Waals surface area contributed by atoms with Crippen molar-refractivity contribution in [2.45, 2.75) is 37.5 Å². The van der Waals surface area contributed by atoms with Crippen LogP contribution in [0, 0.1) is 0 Å². The maximum absolute atomic E-state index is 12.0. The molecule has 9 heteroatoms. The molecule has 0 amide bonds. The smallest absolute Gasteiger partial charge is 0.310 e. The number of rotatable bonds is 3. The Morgan fingerprint density at radius 1 is 1.22 bits per heavy atom. The standard InChI is InChI=1S/C9H16F3N3O2S/c10-9(11,12)6-13-18(16,17)15-4-3-7-1-2-8(5-15)14-7/h7-8,13-14H,1-6H2. The molecule has 0 saturated carbocycles. The Hall–Kier alpha value is -0.380. The molecule has 0 aromatic rings. The Morgan fingerprint density at radius 3 is 2.56 bits per heavy atom. The summed E-state index contributed by atoms with van der Waals surface area (Å²) < 4.78 is 62.3. The molecule has 2 rings (SSSR count). The molecule has 18 heavy (non-hydrogen) atoms. The van der Waals surface area contributed by atoms with Crippen molar-refractivity contribution in [2.24, 2.45) is 0 Å². The van der Waals surface area contributed by atoms with E-state index in [4.69, 9.17) is 0 Å². The van der Waals surface area contributed by atoms with Gasteiger partial charge in [0.1, 0.15) is 6.54 Å².